The maximum absolute atomic E-state index is 2.54. The Bertz CT molecular complexity index is 185. The molecular formula is C12H29P. The summed E-state index contributed by atoms with van der Waals surface area (Å²) in [5.41, 5.74) is 0. The van der Waals surface area contributed by atoms with Crippen molar-refractivity contribution in [2.45, 2.75) is 58.3 Å². The second kappa shape index (κ2) is 2.96. The summed E-state index contributed by atoms with van der Waals surface area (Å²) in [5.74, 6) is 0. The van der Waals surface area contributed by atoms with Crippen LogP contribution in [0.3, 0.4) is 0 Å². The molecule has 0 rings (SSSR count). The summed E-state index contributed by atoms with van der Waals surface area (Å²) in [7, 11) is 0. The summed E-state index contributed by atoms with van der Waals surface area (Å²) in [5, 5.41) is 0.939. The van der Waals surface area contributed by atoms with Gasteiger partial charge in [-0.2, -0.15) is 0 Å². The summed E-state index contributed by atoms with van der Waals surface area (Å²) in [4.78, 5) is 0. The SMILES string of the molecule is CCC(C)(C)P(C)(C)(C)C(C)(C)C. The van der Waals surface area contributed by atoms with Crippen molar-refractivity contribution >= 4 is 6.60 Å². The third-order valence-electron chi connectivity index (χ3n) is 5.33. The molecule has 0 fully saturated rings. The first-order valence-electron chi connectivity index (χ1n) is 5.35. The van der Waals surface area contributed by atoms with Crippen LogP contribution in [0.4, 0.5) is 0 Å². The first-order chi connectivity index (χ1) is 5.35. The molecule has 0 radical (unpaired) electrons. The molecule has 1 heteroatoms. The molecular weight excluding hydrogens is 175 g/mol. The molecule has 0 bridgehead atoms. The maximum atomic E-state index is 2.54. The molecule has 0 unspecified atom stereocenters. The van der Waals surface area contributed by atoms with Crippen LogP contribution in [-0.4, -0.2) is 30.3 Å². The van der Waals surface area contributed by atoms with E-state index in [0.29, 0.717) is 10.3 Å². The van der Waals surface area contributed by atoms with E-state index in [1.165, 1.54) is 6.42 Å². The molecule has 0 N–H and O–H groups in total. The molecule has 0 aromatic carbocycles. The second-order valence-electron chi connectivity index (χ2n) is 7.13. The van der Waals surface area contributed by atoms with Gasteiger partial charge in [0.2, 0.25) is 0 Å². The Kier molecular flexibility index (Phi) is 3.06. The van der Waals surface area contributed by atoms with Crippen LogP contribution in [0.2, 0.25) is 0 Å². The molecule has 82 valence electrons. The molecule has 0 aliphatic rings. The van der Waals surface area contributed by atoms with E-state index in [4.69, 9.17) is 0 Å². The molecule has 0 aliphatic heterocycles. The topological polar surface area (TPSA) is 0 Å². The van der Waals surface area contributed by atoms with Gasteiger partial charge in [-0.15, -0.1) is 0 Å². The Balaban J connectivity index is 5.37. The van der Waals surface area contributed by atoms with E-state index in [2.05, 4.69) is 61.5 Å². The molecule has 0 aliphatic carbocycles. The predicted octanol–water partition coefficient (Wildman–Crippen LogP) is 4.42. The predicted molar refractivity (Wildman–Crippen MR) is 68.8 cm³/mol. The van der Waals surface area contributed by atoms with Crippen LogP contribution in [-0.2, 0) is 0 Å². The molecule has 13 heavy (non-hydrogen) atoms. The zero-order valence-electron chi connectivity index (χ0n) is 11.2. The van der Waals surface area contributed by atoms with Gasteiger partial charge in [0.1, 0.15) is 0 Å². The zero-order valence-corrected chi connectivity index (χ0v) is 12.0. The Morgan fingerprint density at radius 1 is 0.846 bits per heavy atom. The minimum atomic E-state index is -1.61. The average molecular weight is 204 g/mol. The van der Waals surface area contributed by atoms with Gasteiger partial charge in [-0.1, -0.05) is 0 Å². The van der Waals surface area contributed by atoms with Gasteiger partial charge < -0.3 is 0 Å². The molecule has 0 spiro atoms. The van der Waals surface area contributed by atoms with Crippen LogP contribution in [0.1, 0.15) is 48.0 Å². The van der Waals surface area contributed by atoms with Crippen molar-refractivity contribution in [3.63, 3.8) is 0 Å². The zero-order chi connectivity index (χ0) is 11.2. The normalized spacial score (nSPS) is 18.1. The molecule has 0 saturated carbocycles. The van der Waals surface area contributed by atoms with Crippen molar-refractivity contribution in [1.29, 1.82) is 0 Å². The van der Waals surface area contributed by atoms with E-state index in [9.17, 15) is 0 Å². The summed E-state index contributed by atoms with van der Waals surface area (Å²) in [6.07, 6.45) is 1.28. The van der Waals surface area contributed by atoms with Crippen molar-refractivity contribution < 1.29 is 0 Å². The third kappa shape index (κ3) is 1.80. The molecule has 0 nitrogen and oxygen atoms in total. The van der Waals surface area contributed by atoms with Crippen LogP contribution in [0.25, 0.3) is 0 Å². The van der Waals surface area contributed by atoms with Gasteiger partial charge in [-0.3, -0.25) is 0 Å². The van der Waals surface area contributed by atoms with E-state index >= 15 is 0 Å². The Hall–Kier alpha value is 0.430. The summed E-state index contributed by atoms with van der Waals surface area (Å²) >= 11 is 0. The van der Waals surface area contributed by atoms with Crippen molar-refractivity contribution in [2.24, 2.45) is 0 Å². The van der Waals surface area contributed by atoms with Gasteiger partial charge in [0.05, 0.1) is 0 Å². The van der Waals surface area contributed by atoms with Gasteiger partial charge in [0.15, 0.2) is 0 Å². The molecule has 0 aromatic heterocycles. The molecule has 0 saturated heterocycles. The van der Waals surface area contributed by atoms with Crippen LogP contribution < -0.4 is 0 Å². The molecule has 0 atom stereocenters. The fraction of sp³-hybridized carbons (Fsp3) is 1.00. The van der Waals surface area contributed by atoms with Gasteiger partial charge in [-0.25, -0.2) is 0 Å². The van der Waals surface area contributed by atoms with E-state index in [0.717, 1.165) is 0 Å². The van der Waals surface area contributed by atoms with Gasteiger partial charge in [0, 0.05) is 0 Å². The first-order valence-corrected chi connectivity index (χ1v) is 8.93. The third-order valence-corrected chi connectivity index (χ3v) is 14.6. The monoisotopic (exact) mass is 204 g/mol. The van der Waals surface area contributed by atoms with Crippen molar-refractivity contribution in [3.05, 3.63) is 0 Å². The van der Waals surface area contributed by atoms with Crippen LogP contribution in [0.15, 0.2) is 0 Å². The van der Waals surface area contributed by atoms with Crippen molar-refractivity contribution in [1.82, 2.24) is 0 Å². The van der Waals surface area contributed by atoms with Crippen molar-refractivity contribution in [3.8, 4) is 0 Å². The van der Waals surface area contributed by atoms with Crippen LogP contribution >= 0.6 is 6.60 Å². The quantitative estimate of drug-likeness (QED) is 0.584. The summed E-state index contributed by atoms with van der Waals surface area (Å²) < 4.78 is 0. The fourth-order valence-electron chi connectivity index (χ4n) is 1.46. The first kappa shape index (κ1) is 13.4. The van der Waals surface area contributed by atoms with Crippen molar-refractivity contribution in [2.75, 3.05) is 20.0 Å². The Labute approximate surface area is 85.4 Å². The second-order valence-corrected chi connectivity index (χ2v) is 15.3. The van der Waals surface area contributed by atoms with E-state index in [1.807, 2.05) is 0 Å². The standard InChI is InChI=1S/C12H29P/c1-10-12(5,6)13(7,8,9)11(2,3)4/h10H2,1-9H3. The Morgan fingerprint density at radius 2 is 1.15 bits per heavy atom. The van der Waals surface area contributed by atoms with Crippen LogP contribution in [0.5, 0.6) is 0 Å². The Morgan fingerprint density at radius 3 is 1.23 bits per heavy atom. The number of rotatable bonds is 2. The fourth-order valence-corrected chi connectivity index (χ4v) is 4.38. The molecule has 0 amide bonds. The van der Waals surface area contributed by atoms with Gasteiger partial charge >= 0.3 is 84.9 Å². The summed E-state index contributed by atoms with van der Waals surface area (Å²) in [6.45, 7) is 20.4. The molecule has 0 heterocycles. The summed E-state index contributed by atoms with van der Waals surface area (Å²) in [6, 6.07) is 0. The molecule has 0 aromatic rings. The van der Waals surface area contributed by atoms with Gasteiger partial charge in [-0.05, 0) is 0 Å². The minimum absolute atomic E-state index is 0.450. The number of hydrogen-bond acceptors (Lipinski definition) is 0. The van der Waals surface area contributed by atoms with E-state index in [1.54, 1.807) is 0 Å². The van der Waals surface area contributed by atoms with Crippen LogP contribution in [0, 0.1) is 0 Å². The average Bonchev–Trinajstić information content (AvgIpc) is 1.83. The van der Waals surface area contributed by atoms with Gasteiger partial charge in [0.25, 0.3) is 0 Å². The van der Waals surface area contributed by atoms with E-state index < -0.39 is 6.60 Å². The van der Waals surface area contributed by atoms with E-state index in [-0.39, 0.29) is 0 Å². The number of hydrogen-bond donors (Lipinski definition) is 0.